The molecule has 7 heteroatoms. The van der Waals surface area contributed by atoms with Crippen molar-refractivity contribution >= 4 is 11.7 Å². The van der Waals surface area contributed by atoms with Crippen molar-refractivity contribution in [3.05, 3.63) is 39.9 Å². The third-order valence-corrected chi connectivity index (χ3v) is 8.26. The Bertz CT molecular complexity index is 818. The van der Waals surface area contributed by atoms with Gasteiger partial charge in [-0.15, -0.1) is 0 Å². The minimum Gasteiger partial charge on any atom is -0.458 e. The molecule has 5 aliphatic rings. The van der Waals surface area contributed by atoms with E-state index in [1.807, 2.05) is 13.8 Å². The SMILES string of the molecule is C[C@H]1C[C@@H](O)[C@@H]2[C@@H]3[C@H]1[C@@]2(C)[C@H](OC(=O)c1ccc([N+](=O)[O-])cc1)C[C@@H](O)C3(C)C. The van der Waals surface area contributed by atoms with E-state index in [1.54, 1.807) is 0 Å². The highest BCUT2D eigenvalue weighted by atomic mass is 16.6. The van der Waals surface area contributed by atoms with Gasteiger partial charge in [0, 0.05) is 24.0 Å². The minimum atomic E-state index is -0.644. The number of non-ortho nitro benzene ring substituents is 1. The number of carbonyl (C=O) groups excluding carboxylic acids is 1. The summed E-state index contributed by atoms with van der Waals surface area (Å²) in [6.07, 6.45) is -0.586. The van der Waals surface area contributed by atoms with Crippen LogP contribution in [0.3, 0.4) is 0 Å². The first kappa shape index (κ1) is 20.3. The summed E-state index contributed by atoms with van der Waals surface area (Å²) >= 11 is 0. The number of ether oxygens (including phenoxy) is 1. The van der Waals surface area contributed by atoms with Crippen LogP contribution in [-0.2, 0) is 4.74 Å². The lowest BCUT2D eigenvalue weighted by molar-refractivity contribution is -0.384. The molecule has 2 N–H and O–H groups in total. The molecule has 6 rings (SSSR count). The predicted molar refractivity (Wildman–Crippen MR) is 105 cm³/mol. The van der Waals surface area contributed by atoms with E-state index in [0.29, 0.717) is 6.42 Å². The maximum Gasteiger partial charge on any atom is 0.338 e. The molecule has 0 aromatic heterocycles. The Labute approximate surface area is 170 Å². The molecular weight excluding hydrogens is 374 g/mol. The molecule has 0 saturated heterocycles. The van der Waals surface area contributed by atoms with Crippen molar-refractivity contribution in [1.82, 2.24) is 0 Å². The highest BCUT2D eigenvalue weighted by molar-refractivity contribution is 5.89. The molecule has 1 aromatic carbocycles. The molecule has 7 nitrogen and oxygen atoms in total. The lowest BCUT2D eigenvalue weighted by Crippen LogP contribution is -2.71. The van der Waals surface area contributed by atoms with Crippen molar-refractivity contribution in [2.24, 2.45) is 34.5 Å². The summed E-state index contributed by atoms with van der Waals surface area (Å²) in [6.45, 7) is 8.32. The quantitative estimate of drug-likeness (QED) is 0.456. The molecule has 5 saturated carbocycles. The Morgan fingerprint density at radius 2 is 1.72 bits per heavy atom. The molecule has 0 heterocycles. The number of nitrogens with zero attached hydrogens (tertiary/aromatic N) is 1. The average Bonchev–Trinajstić information content (AvgIpc) is 2.74. The van der Waals surface area contributed by atoms with Gasteiger partial charge in [0.05, 0.1) is 22.7 Å². The smallest absolute Gasteiger partial charge is 0.338 e. The molecular formula is C22H29NO6. The Hall–Kier alpha value is -1.99. The van der Waals surface area contributed by atoms with Crippen LogP contribution in [-0.4, -0.2) is 39.4 Å². The van der Waals surface area contributed by atoms with Crippen LogP contribution in [0, 0.1) is 44.6 Å². The summed E-state index contributed by atoms with van der Waals surface area (Å²) in [6, 6.07) is 5.34. The van der Waals surface area contributed by atoms with Crippen molar-refractivity contribution in [3.8, 4) is 0 Å². The van der Waals surface area contributed by atoms with Crippen LogP contribution in [0.1, 0.15) is 50.9 Å². The summed E-state index contributed by atoms with van der Waals surface area (Å²) in [4.78, 5) is 23.1. The van der Waals surface area contributed by atoms with Gasteiger partial charge in [0.15, 0.2) is 0 Å². The second-order valence-electron chi connectivity index (χ2n) is 9.99. The van der Waals surface area contributed by atoms with E-state index >= 15 is 0 Å². The first-order valence-electron chi connectivity index (χ1n) is 10.3. The van der Waals surface area contributed by atoms with Crippen LogP contribution in [0.4, 0.5) is 5.69 Å². The first-order chi connectivity index (χ1) is 13.5. The van der Waals surface area contributed by atoms with Gasteiger partial charge in [-0.1, -0.05) is 27.7 Å². The second kappa shape index (κ2) is 6.51. The van der Waals surface area contributed by atoms with Crippen LogP contribution < -0.4 is 0 Å². The molecule has 5 fully saturated rings. The molecule has 0 amide bonds. The van der Waals surface area contributed by atoms with Gasteiger partial charge >= 0.3 is 5.97 Å². The Balaban J connectivity index is 1.65. The Morgan fingerprint density at radius 3 is 2.28 bits per heavy atom. The number of carbonyl (C=O) groups is 1. The maximum atomic E-state index is 12.8. The third-order valence-electron chi connectivity index (χ3n) is 8.26. The van der Waals surface area contributed by atoms with Gasteiger partial charge < -0.3 is 14.9 Å². The number of hydrogen-bond acceptors (Lipinski definition) is 6. The normalized spacial score (nSPS) is 42.3. The van der Waals surface area contributed by atoms with Crippen molar-refractivity contribution in [2.45, 2.75) is 58.8 Å². The first-order valence-corrected chi connectivity index (χ1v) is 10.3. The van der Waals surface area contributed by atoms with E-state index in [9.17, 15) is 25.1 Å². The van der Waals surface area contributed by atoms with E-state index in [4.69, 9.17) is 4.74 Å². The summed E-state index contributed by atoms with van der Waals surface area (Å²) in [5.41, 5.74) is -0.619. The van der Waals surface area contributed by atoms with E-state index < -0.39 is 34.6 Å². The summed E-state index contributed by atoms with van der Waals surface area (Å²) in [5.74, 6) is 0.143. The number of benzene rings is 1. The second-order valence-corrected chi connectivity index (χ2v) is 9.99. The number of fused-ring (bicyclic) bond motifs is 5. The van der Waals surface area contributed by atoms with Crippen LogP contribution in [0.25, 0.3) is 0 Å². The molecule has 29 heavy (non-hydrogen) atoms. The lowest BCUT2D eigenvalue weighted by Gasteiger charge is -2.70. The zero-order valence-corrected chi connectivity index (χ0v) is 17.2. The van der Waals surface area contributed by atoms with Crippen LogP contribution >= 0.6 is 0 Å². The largest absolute Gasteiger partial charge is 0.458 e. The van der Waals surface area contributed by atoms with E-state index in [1.165, 1.54) is 24.3 Å². The van der Waals surface area contributed by atoms with E-state index in [2.05, 4.69) is 13.8 Å². The summed E-state index contributed by atoms with van der Waals surface area (Å²) in [7, 11) is 0. The van der Waals surface area contributed by atoms with Crippen molar-refractivity contribution in [1.29, 1.82) is 0 Å². The van der Waals surface area contributed by atoms with Crippen LogP contribution in [0.5, 0.6) is 0 Å². The molecule has 0 aliphatic heterocycles. The van der Waals surface area contributed by atoms with Crippen molar-refractivity contribution in [3.63, 3.8) is 0 Å². The molecule has 8 atom stereocenters. The lowest BCUT2D eigenvalue weighted by atomic mass is 9.35. The number of nitro groups is 1. The van der Waals surface area contributed by atoms with E-state index in [-0.39, 0.29) is 40.3 Å². The highest BCUT2D eigenvalue weighted by Gasteiger charge is 2.74. The van der Waals surface area contributed by atoms with Crippen LogP contribution in [0.2, 0.25) is 0 Å². The molecule has 1 aromatic rings. The number of rotatable bonds is 3. The summed E-state index contributed by atoms with van der Waals surface area (Å²) < 4.78 is 5.93. The van der Waals surface area contributed by atoms with Gasteiger partial charge in [-0.05, 0) is 47.6 Å². The number of esters is 1. The molecule has 0 spiro atoms. The van der Waals surface area contributed by atoms with Crippen molar-refractivity contribution in [2.75, 3.05) is 0 Å². The molecule has 4 bridgehead atoms. The number of aliphatic hydroxyl groups excluding tert-OH is 2. The van der Waals surface area contributed by atoms with Gasteiger partial charge in [-0.3, -0.25) is 10.1 Å². The van der Waals surface area contributed by atoms with Gasteiger partial charge in [-0.25, -0.2) is 4.79 Å². The van der Waals surface area contributed by atoms with E-state index in [0.717, 1.165) is 6.42 Å². The number of aliphatic hydroxyl groups is 2. The van der Waals surface area contributed by atoms with Crippen LogP contribution in [0.15, 0.2) is 24.3 Å². The third kappa shape index (κ3) is 2.74. The molecule has 5 aliphatic carbocycles. The standard InChI is InChI=1S/C22H29NO6/c1-11-9-14(24)18-19-17(11)22(18,4)16(10-15(25)21(19,2)3)29-20(26)12-5-7-13(8-6-12)23(27)28/h5-8,11,14-19,24-25H,9-10H2,1-4H3/t11-,14+,15+,16+,17-,18+,19-,22+/m0/s1. The fraction of sp³-hybridized carbons (Fsp3) is 0.682. The van der Waals surface area contributed by atoms with Crippen molar-refractivity contribution < 1.29 is 24.7 Å². The highest BCUT2D eigenvalue weighted by Crippen LogP contribution is 2.73. The zero-order chi connectivity index (χ0) is 21.3. The molecule has 0 unspecified atom stereocenters. The topological polar surface area (TPSA) is 110 Å². The van der Waals surface area contributed by atoms with Gasteiger partial charge in [-0.2, -0.15) is 0 Å². The van der Waals surface area contributed by atoms with Gasteiger partial charge in [0.25, 0.3) is 5.69 Å². The number of nitro benzene ring substituents is 1. The predicted octanol–water partition coefficient (Wildman–Crippen LogP) is 3.18. The maximum absolute atomic E-state index is 12.8. The van der Waals surface area contributed by atoms with Gasteiger partial charge in [0.1, 0.15) is 6.10 Å². The summed E-state index contributed by atoms with van der Waals surface area (Å²) in [5, 5.41) is 32.7. The molecule has 0 radical (unpaired) electrons. The Kier molecular flexibility index (Phi) is 4.55. The number of hydrogen-bond donors (Lipinski definition) is 2. The fourth-order valence-electron chi connectivity index (χ4n) is 6.82. The minimum absolute atomic E-state index is 0.0227. The monoisotopic (exact) mass is 403 g/mol. The van der Waals surface area contributed by atoms with Gasteiger partial charge in [0.2, 0.25) is 0 Å². The Morgan fingerprint density at radius 1 is 1.10 bits per heavy atom. The average molecular weight is 403 g/mol. The zero-order valence-electron chi connectivity index (χ0n) is 17.2. The fourth-order valence-corrected chi connectivity index (χ4v) is 6.82. The molecule has 158 valence electrons.